The molecule has 1 atom stereocenters. The Labute approximate surface area is 183 Å². The molecule has 2 heterocycles. The number of anilines is 2. The summed E-state index contributed by atoms with van der Waals surface area (Å²) in [4.78, 5) is 32.4. The molecule has 1 aliphatic heterocycles. The van der Waals surface area contributed by atoms with Crippen LogP contribution in [0, 0.1) is 6.92 Å². The second-order valence-corrected chi connectivity index (χ2v) is 9.76. The number of aromatic nitrogens is 2. The van der Waals surface area contributed by atoms with Gasteiger partial charge in [-0.25, -0.2) is 4.98 Å². The zero-order chi connectivity index (χ0) is 22.1. The van der Waals surface area contributed by atoms with Gasteiger partial charge in [-0.2, -0.15) is 0 Å². The van der Waals surface area contributed by atoms with Crippen molar-refractivity contribution in [3.8, 4) is 0 Å². The molecule has 1 aliphatic rings. The molecule has 1 aromatic heterocycles. The van der Waals surface area contributed by atoms with Crippen molar-refractivity contribution in [3.63, 3.8) is 0 Å². The lowest BCUT2D eigenvalue weighted by Gasteiger charge is -2.22. The Balaban J connectivity index is 1.73. The monoisotopic (exact) mass is 428 g/mol. The van der Waals surface area contributed by atoms with Gasteiger partial charge in [0.05, 0.1) is 11.7 Å². The van der Waals surface area contributed by atoms with Gasteiger partial charge in [-0.15, -0.1) is 0 Å². The van der Waals surface area contributed by atoms with E-state index in [-0.39, 0.29) is 29.3 Å². The predicted octanol–water partition coefficient (Wildman–Crippen LogP) is 4.37. The maximum Gasteiger partial charge on any atom is 0.254 e. The third-order valence-electron chi connectivity index (χ3n) is 5.49. The Bertz CT molecular complexity index is 990. The van der Waals surface area contributed by atoms with Crippen LogP contribution in [0.25, 0.3) is 0 Å². The number of benzene rings is 1. The lowest BCUT2D eigenvalue weighted by Crippen LogP contribution is -2.29. The maximum absolute atomic E-state index is 12.7. The van der Waals surface area contributed by atoms with Crippen molar-refractivity contribution < 1.29 is 4.79 Å². The van der Waals surface area contributed by atoms with Crippen LogP contribution >= 0.6 is 11.8 Å². The van der Waals surface area contributed by atoms with Crippen LogP contribution < -0.4 is 15.8 Å². The molecule has 0 fully saturated rings. The zero-order valence-electron chi connectivity index (χ0n) is 18.8. The van der Waals surface area contributed by atoms with E-state index < -0.39 is 0 Å². The number of rotatable bonds is 6. The van der Waals surface area contributed by atoms with E-state index in [1.807, 2.05) is 39.8 Å². The first-order chi connectivity index (χ1) is 14.1. The van der Waals surface area contributed by atoms with Crippen LogP contribution in [0.15, 0.2) is 34.2 Å². The number of nitrogens with zero attached hydrogens (tertiary/aromatic N) is 3. The molecule has 0 radical (unpaired) electrons. The standard InChI is InChI=1S/C23H32N4O2S/c1-7-26(8-2)16-9-10-18(15(3)11-16)24-20(28)12-17-14-30-22-25-19(23(4,5)6)13-21(29)27(17)22/h9-11,13,17H,7-8,12,14H2,1-6H3,(H,24,28). The third kappa shape index (κ3) is 4.72. The van der Waals surface area contributed by atoms with Crippen LogP contribution in [0.3, 0.4) is 0 Å². The number of carbonyl (C=O) groups is 1. The second-order valence-electron chi connectivity index (χ2n) is 8.77. The minimum Gasteiger partial charge on any atom is -0.372 e. The average Bonchev–Trinajstić information content (AvgIpc) is 3.07. The predicted molar refractivity (Wildman–Crippen MR) is 125 cm³/mol. The van der Waals surface area contributed by atoms with E-state index in [9.17, 15) is 9.59 Å². The second kappa shape index (κ2) is 8.84. The van der Waals surface area contributed by atoms with Crippen LogP contribution in [0.2, 0.25) is 0 Å². The van der Waals surface area contributed by atoms with Gasteiger partial charge in [-0.3, -0.25) is 14.2 Å². The number of hydrogen-bond acceptors (Lipinski definition) is 5. The van der Waals surface area contributed by atoms with E-state index in [0.717, 1.165) is 35.7 Å². The molecule has 6 nitrogen and oxygen atoms in total. The quantitative estimate of drug-likeness (QED) is 0.692. The number of aryl methyl sites for hydroxylation is 1. The SMILES string of the molecule is CCN(CC)c1ccc(NC(=O)CC2CSc3nc(C(C)(C)C)cc(=O)n32)c(C)c1. The minimum absolute atomic E-state index is 0.0764. The molecule has 0 saturated carbocycles. The first-order valence-corrected chi connectivity index (χ1v) is 11.5. The van der Waals surface area contributed by atoms with Crippen molar-refractivity contribution in [2.45, 2.75) is 64.6 Å². The topological polar surface area (TPSA) is 67.2 Å². The Hall–Kier alpha value is -2.28. The molecule has 1 aromatic carbocycles. The smallest absolute Gasteiger partial charge is 0.254 e. The van der Waals surface area contributed by atoms with E-state index in [0.29, 0.717) is 10.9 Å². The number of thioether (sulfide) groups is 1. The number of carbonyl (C=O) groups excluding carboxylic acids is 1. The lowest BCUT2D eigenvalue weighted by atomic mass is 9.92. The highest BCUT2D eigenvalue weighted by molar-refractivity contribution is 7.99. The van der Waals surface area contributed by atoms with E-state index in [2.05, 4.69) is 35.1 Å². The van der Waals surface area contributed by atoms with Gasteiger partial charge >= 0.3 is 0 Å². The van der Waals surface area contributed by atoms with Gasteiger partial charge in [0.2, 0.25) is 5.91 Å². The fourth-order valence-corrected chi connectivity index (χ4v) is 4.83. The average molecular weight is 429 g/mol. The van der Waals surface area contributed by atoms with Gasteiger partial charge in [-0.1, -0.05) is 32.5 Å². The van der Waals surface area contributed by atoms with Gasteiger partial charge in [0.25, 0.3) is 5.56 Å². The van der Waals surface area contributed by atoms with Gasteiger partial charge in [0.15, 0.2) is 5.16 Å². The summed E-state index contributed by atoms with van der Waals surface area (Å²) in [5.41, 5.74) is 3.54. The fourth-order valence-electron chi connectivity index (χ4n) is 3.68. The van der Waals surface area contributed by atoms with Crippen molar-refractivity contribution in [3.05, 3.63) is 45.9 Å². The highest BCUT2D eigenvalue weighted by Gasteiger charge is 2.29. The summed E-state index contributed by atoms with van der Waals surface area (Å²) >= 11 is 1.55. The minimum atomic E-state index is -0.181. The van der Waals surface area contributed by atoms with Gasteiger partial charge in [0, 0.05) is 48.1 Å². The molecule has 2 aromatic rings. The summed E-state index contributed by atoms with van der Waals surface area (Å²) in [6.07, 6.45) is 0.258. The molecule has 0 aliphatic carbocycles. The summed E-state index contributed by atoms with van der Waals surface area (Å²) in [5, 5.41) is 3.74. The number of hydrogen-bond donors (Lipinski definition) is 1. The van der Waals surface area contributed by atoms with E-state index in [1.54, 1.807) is 22.4 Å². The summed E-state index contributed by atoms with van der Waals surface area (Å²) in [6.45, 7) is 14.3. The number of nitrogens with one attached hydrogen (secondary N) is 1. The van der Waals surface area contributed by atoms with Crippen molar-refractivity contribution in [2.24, 2.45) is 0 Å². The Morgan fingerprint density at radius 1 is 1.27 bits per heavy atom. The first kappa shape index (κ1) is 22.4. The van der Waals surface area contributed by atoms with Gasteiger partial charge < -0.3 is 10.2 Å². The van der Waals surface area contributed by atoms with Crippen LogP contribution in [0.1, 0.15) is 58.3 Å². The molecule has 1 unspecified atom stereocenters. The fraction of sp³-hybridized carbons (Fsp3) is 0.522. The third-order valence-corrected chi connectivity index (χ3v) is 6.59. The number of amides is 1. The molecule has 30 heavy (non-hydrogen) atoms. The molecule has 0 spiro atoms. The highest BCUT2D eigenvalue weighted by Crippen LogP contribution is 2.34. The van der Waals surface area contributed by atoms with Crippen molar-refractivity contribution >= 4 is 29.0 Å². The largest absolute Gasteiger partial charge is 0.372 e. The zero-order valence-corrected chi connectivity index (χ0v) is 19.6. The van der Waals surface area contributed by atoms with Crippen LogP contribution in [-0.2, 0) is 10.2 Å². The molecule has 1 N–H and O–H groups in total. The number of fused-ring (bicyclic) bond motifs is 1. The van der Waals surface area contributed by atoms with Gasteiger partial charge in [-0.05, 0) is 44.5 Å². The lowest BCUT2D eigenvalue weighted by molar-refractivity contribution is -0.116. The molecule has 1 amide bonds. The van der Waals surface area contributed by atoms with Crippen molar-refractivity contribution in [1.29, 1.82) is 0 Å². The van der Waals surface area contributed by atoms with E-state index >= 15 is 0 Å². The maximum atomic E-state index is 12.7. The van der Waals surface area contributed by atoms with E-state index in [1.165, 1.54) is 0 Å². The summed E-state index contributed by atoms with van der Waals surface area (Å²) in [5.74, 6) is 0.599. The Morgan fingerprint density at radius 3 is 2.57 bits per heavy atom. The highest BCUT2D eigenvalue weighted by atomic mass is 32.2. The van der Waals surface area contributed by atoms with Crippen LogP contribution in [0.4, 0.5) is 11.4 Å². The van der Waals surface area contributed by atoms with Gasteiger partial charge in [0.1, 0.15) is 0 Å². The summed E-state index contributed by atoms with van der Waals surface area (Å²) in [6, 6.07) is 7.54. The molecule has 162 valence electrons. The van der Waals surface area contributed by atoms with E-state index in [4.69, 9.17) is 0 Å². The van der Waals surface area contributed by atoms with Crippen molar-refractivity contribution in [2.75, 3.05) is 29.1 Å². The summed E-state index contributed by atoms with van der Waals surface area (Å²) in [7, 11) is 0. The van der Waals surface area contributed by atoms with Crippen LogP contribution in [0.5, 0.6) is 0 Å². The molecule has 0 saturated heterocycles. The normalized spacial score (nSPS) is 15.7. The van der Waals surface area contributed by atoms with Crippen molar-refractivity contribution in [1.82, 2.24) is 9.55 Å². The molecular formula is C23H32N4O2S. The molecule has 3 rings (SSSR count). The first-order valence-electron chi connectivity index (χ1n) is 10.6. The Morgan fingerprint density at radius 2 is 1.97 bits per heavy atom. The summed E-state index contributed by atoms with van der Waals surface area (Å²) < 4.78 is 1.68. The molecule has 7 heteroatoms. The molecular weight excluding hydrogens is 396 g/mol. The molecule has 0 bridgehead atoms. The van der Waals surface area contributed by atoms with Crippen LogP contribution in [-0.4, -0.2) is 34.3 Å². The Kier molecular flexibility index (Phi) is 6.60.